The van der Waals surface area contributed by atoms with Crippen molar-refractivity contribution in [3.05, 3.63) is 24.0 Å². The van der Waals surface area contributed by atoms with Crippen LogP contribution in [-0.4, -0.2) is 82.5 Å². The third-order valence-corrected chi connectivity index (χ3v) is 4.92. The Morgan fingerprint density at radius 1 is 1.34 bits per heavy atom. The molecule has 0 spiro atoms. The first kappa shape index (κ1) is 23.8. The van der Waals surface area contributed by atoms with Crippen molar-refractivity contribution in [1.29, 1.82) is 0 Å². The molecule has 1 aromatic rings. The van der Waals surface area contributed by atoms with Crippen molar-refractivity contribution >= 4 is 18.2 Å². The normalized spacial score (nSPS) is 28.6. The number of nitrogens with zero attached hydrogens (tertiary/aromatic N) is 4. The van der Waals surface area contributed by atoms with Crippen molar-refractivity contribution in [2.24, 2.45) is 5.16 Å². The summed E-state index contributed by atoms with van der Waals surface area (Å²) < 4.78 is 22.9. The van der Waals surface area contributed by atoms with Crippen molar-refractivity contribution in [2.75, 3.05) is 19.8 Å². The molecule has 0 aromatic carbocycles. The summed E-state index contributed by atoms with van der Waals surface area (Å²) in [7, 11) is 0. The highest BCUT2D eigenvalue weighted by Crippen LogP contribution is 2.22. The third-order valence-electron chi connectivity index (χ3n) is 4.92. The molecule has 32 heavy (non-hydrogen) atoms. The van der Waals surface area contributed by atoms with E-state index in [4.69, 9.17) is 23.8 Å². The molecule has 176 valence electrons. The van der Waals surface area contributed by atoms with Gasteiger partial charge in [0.05, 0.1) is 25.5 Å². The molecule has 6 atom stereocenters. The number of aliphatic hydroxyl groups is 1. The number of esters is 2. The molecular weight excluding hydrogens is 424 g/mol. The van der Waals surface area contributed by atoms with E-state index in [1.807, 2.05) is 0 Å². The van der Waals surface area contributed by atoms with Crippen molar-refractivity contribution < 1.29 is 38.5 Å². The molecule has 2 aliphatic rings. The van der Waals surface area contributed by atoms with Crippen molar-refractivity contribution in [3.8, 4) is 0 Å². The largest absolute Gasteiger partial charge is 0.463 e. The molecule has 1 aromatic heterocycles. The van der Waals surface area contributed by atoms with Crippen LogP contribution < -0.4 is 0 Å². The van der Waals surface area contributed by atoms with Crippen LogP contribution in [0.25, 0.3) is 0 Å². The van der Waals surface area contributed by atoms with Gasteiger partial charge in [-0.15, -0.1) is 5.10 Å². The molecule has 0 saturated carbocycles. The first-order valence-electron chi connectivity index (χ1n) is 10.3. The minimum absolute atomic E-state index is 0.0326. The van der Waals surface area contributed by atoms with Crippen LogP contribution in [0.3, 0.4) is 0 Å². The number of aromatic nitrogens is 3. The zero-order chi connectivity index (χ0) is 23.1. The SMILES string of the molecule is CC(=O)OC[C@H]1O[C@H](CC=NO[C@H](C)c2cn([C@@H]3COC[C@H]3O)nn2)C=C[C@@H]1OC(C)=O. The molecule has 0 bridgehead atoms. The third kappa shape index (κ3) is 6.58. The Morgan fingerprint density at radius 3 is 2.84 bits per heavy atom. The van der Waals surface area contributed by atoms with E-state index in [0.29, 0.717) is 18.7 Å². The van der Waals surface area contributed by atoms with Crippen LogP contribution in [0.5, 0.6) is 0 Å². The first-order valence-corrected chi connectivity index (χ1v) is 10.3. The number of ether oxygens (including phenoxy) is 4. The van der Waals surface area contributed by atoms with E-state index >= 15 is 0 Å². The van der Waals surface area contributed by atoms with Gasteiger partial charge >= 0.3 is 11.9 Å². The van der Waals surface area contributed by atoms with E-state index in [2.05, 4.69) is 15.5 Å². The Balaban J connectivity index is 1.49. The summed E-state index contributed by atoms with van der Waals surface area (Å²) in [5.41, 5.74) is 0.570. The molecule has 12 heteroatoms. The quantitative estimate of drug-likeness (QED) is 0.243. The summed E-state index contributed by atoms with van der Waals surface area (Å²) in [6.07, 6.45) is 4.44. The van der Waals surface area contributed by atoms with Gasteiger partial charge in [-0.05, 0) is 13.0 Å². The smallest absolute Gasteiger partial charge is 0.303 e. The Labute approximate surface area is 185 Å². The summed E-state index contributed by atoms with van der Waals surface area (Å²) in [4.78, 5) is 27.8. The highest BCUT2D eigenvalue weighted by Gasteiger charge is 2.31. The summed E-state index contributed by atoms with van der Waals surface area (Å²) in [5, 5.41) is 22.0. The second kappa shape index (κ2) is 11.2. The molecule has 3 heterocycles. The lowest BCUT2D eigenvalue weighted by Crippen LogP contribution is -2.41. The van der Waals surface area contributed by atoms with E-state index in [1.165, 1.54) is 13.8 Å². The van der Waals surface area contributed by atoms with Gasteiger partial charge in [-0.2, -0.15) is 0 Å². The van der Waals surface area contributed by atoms with E-state index < -0.39 is 36.4 Å². The fourth-order valence-corrected chi connectivity index (χ4v) is 3.24. The van der Waals surface area contributed by atoms with Gasteiger partial charge in [0.25, 0.3) is 0 Å². The molecule has 1 saturated heterocycles. The van der Waals surface area contributed by atoms with Crippen molar-refractivity contribution in [3.63, 3.8) is 0 Å². The Kier molecular flexibility index (Phi) is 8.31. The number of aliphatic hydroxyl groups excluding tert-OH is 1. The second-order valence-electron chi connectivity index (χ2n) is 7.54. The zero-order valence-corrected chi connectivity index (χ0v) is 18.2. The van der Waals surface area contributed by atoms with Crippen LogP contribution in [-0.2, 0) is 33.4 Å². The number of carbonyl (C=O) groups is 2. The van der Waals surface area contributed by atoms with E-state index in [9.17, 15) is 14.7 Å². The molecule has 12 nitrogen and oxygen atoms in total. The Bertz CT molecular complexity index is 841. The second-order valence-corrected chi connectivity index (χ2v) is 7.54. The number of hydrogen-bond donors (Lipinski definition) is 1. The van der Waals surface area contributed by atoms with E-state index in [-0.39, 0.29) is 25.4 Å². The van der Waals surface area contributed by atoms with E-state index in [1.54, 1.807) is 36.2 Å². The summed E-state index contributed by atoms with van der Waals surface area (Å²) in [6, 6.07) is -0.266. The maximum atomic E-state index is 11.3. The fourth-order valence-electron chi connectivity index (χ4n) is 3.24. The van der Waals surface area contributed by atoms with Crippen LogP contribution in [0.1, 0.15) is 45.0 Å². The monoisotopic (exact) mass is 452 g/mol. The standard InChI is InChI=1S/C20H28N4O8/c1-12(16-8-24(23-22-16)17-9-28-10-18(17)27)32-21-7-6-15-4-5-19(30-14(3)26)20(31-15)11-29-13(2)25/h4-5,7-8,12,15,17-20,27H,6,9-11H2,1-3H3/t12-,15+,17-,18-,19+,20-/m1/s1. The molecule has 1 fully saturated rings. The van der Waals surface area contributed by atoms with Gasteiger partial charge in [0.1, 0.15) is 36.7 Å². The minimum atomic E-state index is -0.636. The van der Waals surface area contributed by atoms with Gasteiger partial charge in [0, 0.05) is 26.5 Å². The first-order chi connectivity index (χ1) is 15.3. The highest BCUT2D eigenvalue weighted by molar-refractivity contribution is 5.67. The average Bonchev–Trinajstić information content (AvgIpc) is 3.39. The van der Waals surface area contributed by atoms with Crippen LogP contribution in [0.2, 0.25) is 0 Å². The van der Waals surface area contributed by atoms with Gasteiger partial charge < -0.3 is 28.9 Å². The van der Waals surface area contributed by atoms with Gasteiger partial charge in [0.2, 0.25) is 0 Å². The zero-order valence-electron chi connectivity index (χ0n) is 18.2. The maximum absolute atomic E-state index is 11.3. The minimum Gasteiger partial charge on any atom is -0.463 e. The lowest BCUT2D eigenvalue weighted by atomic mass is 10.1. The Hall–Kier alpha value is -2.83. The van der Waals surface area contributed by atoms with Crippen LogP contribution in [0.4, 0.5) is 0 Å². The predicted molar refractivity (Wildman–Crippen MR) is 108 cm³/mol. The Morgan fingerprint density at radius 2 is 2.16 bits per heavy atom. The molecule has 1 N–H and O–H groups in total. The molecule has 0 unspecified atom stereocenters. The number of oxime groups is 1. The molecular formula is C20H28N4O8. The molecule has 0 radical (unpaired) electrons. The molecule has 0 aliphatic carbocycles. The van der Waals surface area contributed by atoms with Gasteiger partial charge in [0.15, 0.2) is 6.10 Å². The maximum Gasteiger partial charge on any atom is 0.303 e. The summed E-state index contributed by atoms with van der Waals surface area (Å²) in [6.45, 7) is 5.00. The fraction of sp³-hybridized carbons (Fsp3) is 0.650. The lowest BCUT2D eigenvalue weighted by Gasteiger charge is -2.31. The van der Waals surface area contributed by atoms with Gasteiger partial charge in [-0.1, -0.05) is 16.4 Å². The predicted octanol–water partition coefficient (Wildman–Crippen LogP) is 0.482. The molecule has 0 amide bonds. The van der Waals surface area contributed by atoms with Crippen LogP contribution in [0, 0.1) is 0 Å². The lowest BCUT2D eigenvalue weighted by molar-refractivity contribution is -0.163. The van der Waals surface area contributed by atoms with Crippen LogP contribution >= 0.6 is 0 Å². The topological polar surface area (TPSA) is 144 Å². The number of carbonyl (C=O) groups excluding carboxylic acids is 2. The number of rotatable bonds is 9. The van der Waals surface area contributed by atoms with Gasteiger partial charge in [-0.3, -0.25) is 9.59 Å². The molecule has 2 aliphatic heterocycles. The van der Waals surface area contributed by atoms with Crippen molar-refractivity contribution in [1.82, 2.24) is 15.0 Å². The van der Waals surface area contributed by atoms with E-state index in [0.717, 1.165) is 0 Å². The summed E-state index contributed by atoms with van der Waals surface area (Å²) >= 11 is 0. The number of hydrogen-bond acceptors (Lipinski definition) is 11. The summed E-state index contributed by atoms with van der Waals surface area (Å²) in [5.74, 6) is -0.900. The van der Waals surface area contributed by atoms with Crippen molar-refractivity contribution in [2.45, 2.75) is 63.8 Å². The highest BCUT2D eigenvalue weighted by atomic mass is 16.6. The van der Waals surface area contributed by atoms with Crippen LogP contribution in [0.15, 0.2) is 23.5 Å². The average molecular weight is 452 g/mol. The van der Waals surface area contributed by atoms with Gasteiger partial charge in [-0.25, -0.2) is 4.68 Å². The molecule has 3 rings (SSSR count).